The van der Waals surface area contributed by atoms with Gasteiger partial charge >= 0.3 is 5.97 Å². The first-order valence-corrected chi connectivity index (χ1v) is 13.4. The van der Waals surface area contributed by atoms with Crippen LogP contribution in [0.25, 0.3) is 0 Å². The molecule has 7 nitrogen and oxygen atoms in total. The number of ether oxygens (including phenoxy) is 3. The fourth-order valence-electron chi connectivity index (χ4n) is 6.21. The Morgan fingerprint density at radius 2 is 1.71 bits per heavy atom. The molecule has 200 valence electrons. The van der Waals surface area contributed by atoms with Gasteiger partial charge in [0.2, 0.25) is 0 Å². The lowest BCUT2D eigenvalue weighted by Gasteiger charge is -2.37. The molecule has 1 heterocycles. The van der Waals surface area contributed by atoms with Crippen LogP contribution in [0.1, 0.15) is 74.8 Å². The minimum absolute atomic E-state index is 0.0360. The molecule has 5 rings (SSSR count). The topological polar surface area (TPSA) is 94.4 Å². The average Bonchev–Trinajstić information content (AvgIpc) is 2.92. The fraction of sp³-hybridized carbons (Fsp3) is 0.452. The maximum Gasteiger partial charge on any atom is 0.315 e. The number of phenols is 1. The Morgan fingerprint density at radius 1 is 0.947 bits per heavy atom. The molecule has 0 saturated heterocycles. The summed E-state index contributed by atoms with van der Waals surface area (Å²) in [6.07, 6.45) is 5.76. The molecule has 0 spiro atoms. The summed E-state index contributed by atoms with van der Waals surface area (Å²) in [5.74, 6) is -0.372. The first-order valence-electron chi connectivity index (χ1n) is 13.4. The third-order valence-corrected chi connectivity index (χ3v) is 8.09. The second kappa shape index (κ2) is 11.0. The van der Waals surface area contributed by atoms with Gasteiger partial charge in [-0.2, -0.15) is 0 Å². The number of aromatic hydroxyl groups is 1. The Labute approximate surface area is 223 Å². The highest BCUT2D eigenvalue weighted by Crippen LogP contribution is 2.48. The molecule has 2 aromatic rings. The zero-order chi connectivity index (χ0) is 26.8. The van der Waals surface area contributed by atoms with Crippen LogP contribution in [-0.4, -0.2) is 42.9 Å². The molecular formula is C31H35NO6. The third-order valence-electron chi connectivity index (χ3n) is 8.09. The molecule has 0 amide bonds. The van der Waals surface area contributed by atoms with E-state index in [0.29, 0.717) is 41.3 Å². The van der Waals surface area contributed by atoms with Crippen LogP contribution in [0.3, 0.4) is 0 Å². The second-order valence-electron chi connectivity index (χ2n) is 10.5. The maximum absolute atomic E-state index is 13.8. The third kappa shape index (κ3) is 5.06. The van der Waals surface area contributed by atoms with Gasteiger partial charge in [-0.1, -0.05) is 24.6 Å². The predicted octanol–water partition coefficient (Wildman–Crippen LogP) is 5.86. The molecule has 7 heteroatoms. The first kappa shape index (κ1) is 26.0. The molecule has 3 atom stereocenters. The molecule has 0 bridgehead atoms. The van der Waals surface area contributed by atoms with E-state index < -0.39 is 11.8 Å². The molecule has 0 aromatic heterocycles. The van der Waals surface area contributed by atoms with Gasteiger partial charge < -0.3 is 19.3 Å². The lowest BCUT2D eigenvalue weighted by atomic mass is 9.69. The van der Waals surface area contributed by atoms with Gasteiger partial charge in [0.15, 0.2) is 17.3 Å². The normalized spacial score (nSPS) is 23.9. The number of hydrogen-bond acceptors (Lipinski definition) is 7. The molecule has 1 unspecified atom stereocenters. The number of phenolic OH excluding ortho intramolecular Hbond substituents is 1. The van der Waals surface area contributed by atoms with Crippen molar-refractivity contribution in [3.05, 3.63) is 64.9 Å². The summed E-state index contributed by atoms with van der Waals surface area (Å²) in [4.78, 5) is 32.3. The van der Waals surface area contributed by atoms with E-state index in [1.807, 2.05) is 31.2 Å². The Morgan fingerprint density at radius 3 is 2.42 bits per heavy atom. The molecule has 1 N–H and O–H groups in total. The smallest absolute Gasteiger partial charge is 0.315 e. The van der Waals surface area contributed by atoms with Gasteiger partial charge in [-0.15, -0.1) is 0 Å². The van der Waals surface area contributed by atoms with Gasteiger partial charge in [0.05, 0.1) is 14.2 Å². The summed E-state index contributed by atoms with van der Waals surface area (Å²) in [5.41, 5.74) is 3.59. The Kier molecular flexibility index (Phi) is 7.54. The molecule has 1 fully saturated rings. The Hall–Kier alpha value is -3.61. The van der Waals surface area contributed by atoms with E-state index in [4.69, 9.17) is 19.2 Å². The van der Waals surface area contributed by atoms with Gasteiger partial charge in [-0.05, 0) is 80.3 Å². The largest absolute Gasteiger partial charge is 0.508 e. The summed E-state index contributed by atoms with van der Waals surface area (Å²) in [6, 6.07) is 12.6. The van der Waals surface area contributed by atoms with E-state index >= 15 is 0 Å². The van der Waals surface area contributed by atoms with Crippen LogP contribution in [0.2, 0.25) is 0 Å². The molecule has 2 aliphatic carbocycles. The number of methoxy groups -OCH3 is 2. The monoisotopic (exact) mass is 517 g/mol. The minimum Gasteiger partial charge on any atom is -0.508 e. The number of benzene rings is 2. The van der Waals surface area contributed by atoms with E-state index in [1.54, 1.807) is 32.4 Å². The molecule has 1 saturated carbocycles. The number of allylic oxidation sites excluding steroid dienone is 2. The van der Waals surface area contributed by atoms with Gasteiger partial charge in [0.1, 0.15) is 17.8 Å². The quantitative estimate of drug-likeness (QED) is 0.482. The Balaban J connectivity index is 1.51. The highest BCUT2D eigenvalue weighted by molar-refractivity contribution is 6.09. The van der Waals surface area contributed by atoms with Crippen molar-refractivity contribution < 1.29 is 28.9 Å². The summed E-state index contributed by atoms with van der Waals surface area (Å²) in [7, 11) is 3.19. The highest BCUT2D eigenvalue weighted by Gasteiger charge is 2.45. The van der Waals surface area contributed by atoms with Crippen molar-refractivity contribution in [2.45, 2.75) is 69.8 Å². The van der Waals surface area contributed by atoms with Crippen LogP contribution in [-0.2, 0) is 14.3 Å². The number of nitrogens with zero attached hydrogens (tertiary/aromatic N) is 1. The predicted molar refractivity (Wildman–Crippen MR) is 144 cm³/mol. The van der Waals surface area contributed by atoms with E-state index in [1.165, 1.54) is 0 Å². The number of ketones is 1. The number of rotatable bonds is 6. The standard InChI is InChI=1S/C31H35NO6/c1-18-28(31(35)38-23-10-5-4-6-11-23)29(20-8-7-9-22(33)14-20)30-24(32-18)15-21(16-25(30)34)19-12-13-26(36-2)27(17-19)37-3/h7-9,12-14,17,21,23,28-29,33H,4-6,10-11,15-16H2,1-3H3/t21-,28?,29-/m0/s1. The zero-order valence-electron chi connectivity index (χ0n) is 22.2. The van der Waals surface area contributed by atoms with Crippen molar-refractivity contribution in [3.8, 4) is 17.2 Å². The van der Waals surface area contributed by atoms with E-state index in [0.717, 1.165) is 43.2 Å². The minimum atomic E-state index is -0.709. The van der Waals surface area contributed by atoms with Crippen molar-refractivity contribution in [2.24, 2.45) is 10.9 Å². The zero-order valence-corrected chi connectivity index (χ0v) is 22.2. The van der Waals surface area contributed by atoms with Gasteiger partial charge in [-0.25, -0.2) is 0 Å². The first-order chi connectivity index (χ1) is 18.4. The summed E-state index contributed by atoms with van der Waals surface area (Å²) < 4.78 is 16.9. The number of carbonyl (C=O) groups excluding carboxylic acids is 2. The van der Waals surface area contributed by atoms with E-state index in [2.05, 4.69) is 0 Å². The summed E-state index contributed by atoms with van der Waals surface area (Å²) >= 11 is 0. The van der Waals surface area contributed by atoms with Crippen molar-refractivity contribution in [3.63, 3.8) is 0 Å². The molecule has 1 aliphatic heterocycles. The van der Waals surface area contributed by atoms with Crippen LogP contribution < -0.4 is 9.47 Å². The maximum atomic E-state index is 13.8. The van der Waals surface area contributed by atoms with Crippen LogP contribution >= 0.6 is 0 Å². The van der Waals surface area contributed by atoms with Crippen LogP contribution in [0.5, 0.6) is 17.2 Å². The number of hydrogen-bond donors (Lipinski definition) is 1. The van der Waals surface area contributed by atoms with Crippen molar-refractivity contribution in [2.75, 3.05) is 14.2 Å². The van der Waals surface area contributed by atoms with Crippen molar-refractivity contribution in [1.29, 1.82) is 0 Å². The number of Topliss-reactive ketones (excluding diaryl/α,β-unsaturated/α-hetero) is 1. The van der Waals surface area contributed by atoms with Crippen LogP contribution in [0.4, 0.5) is 0 Å². The Bertz CT molecular complexity index is 1290. The molecule has 0 radical (unpaired) electrons. The van der Waals surface area contributed by atoms with E-state index in [9.17, 15) is 14.7 Å². The number of esters is 1. The SMILES string of the molecule is COc1ccc([C@@H]2CC(=O)C3=C(C2)N=C(C)C(C(=O)OC2CCCCC2)[C@@H]3c2cccc(O)c2)cc1OC. The summed E-state index contributed by atoms with van der Waals surface area (Å²) in [6.45, 7) is 1.84. The van der Waals surface area contributed by atoms with Crippen molar-refractivity contribution >= 4 is 17.5 Å². The number of carbonyl (C=O) groups is 2. The van der Waals surface area contributed by atoms with Gasteiger partial charge in [0.25, 0.3) is 0 Å². The van der Waals surface area contributed by atoms with E-state index in [-0.39, 0.29) is 29.5 Å². The van der Waals surface area contributed by atoms with Crippen LogP contribution in [0, 0.1) is 5.92 Å². The summed E-state index contributed by atoms with van der Waals surface area (Å²) in [5, 5.41) is 10.3. The lowest BCUT2D eigenvalue weighted by molar-refractivity contribution is -0.153. The average molecular weight is 518 g/mol. The molecule has 38 heavy (non-hydrogen) atoms. The second-order valence-corrected chi connectivity index (χ2v) is 10.5. The number of aliphatic imine (C=N–C) groups is 1. The fourth-order valence-corrected chi connectivity index (χ4v) is 6.21. The highest BCUT2D eigenvalue weighted by atomic mass is 16.5. The van der Waals surface area contributed by atoms with Gasteiger partial charge in [-0.3, -0.25) is 14.6 Å². The molecular weight excluding hydrogens is 482 g/mol. The van der Waals surface area contributed by atoms with Gasteiger partial charge in [0, 0.05) is 29.3 Å². The van der Waals surface area contributed by atoms with Crippen molar-refractivity contribution in [1.82, 2.24) is 0 Å². The van der Waals surface area contributed by atoms with Crippen LogP contribution in [0.15, 0.2) is 58.7 Å². The lowest BCUT2D eigenvalue weighted by Crippen LogP contribution is -2.39. The molecule has 2 aromatic carbocycles. The molecule has 3 aliphatic rings.